The van der Waals surface area contributed by atoms with Gasteiger partial charge in [0.1, 0.15) is 5.69 Å². The molecule has 156 valence electrons. The quantitative estimate of drug-likeness (QED) is 0.533. The van der Waals surface area contributed by atoms with E-state index in [1.165, 1.54) is 16.4 Å². The van der Waals surface area contributed by atoms with Crippen LogP contribution < -0.4 is 5.32 Å². The fourth-order valence-corrected chi connectivity index (χ4v) is 4.95. The third kappa shape index (κ3) is 4.40. The van der Waals surface area contributed by atoms with E-state index in [9.17, 15) is 18.5 Å². The highest BCUT2D eigenvalue weighted by atomic mass is 32.2. The molecule has 2 aliphatic rings. The summed E-state index contributed by atoms with van der Waals surface area (Å²) >= 11 is 0. The van der Waals surface area contributed by atoms with Crippen LogP contribution in [0.4, 0.5) is 11.4 Å². The molecule has 1 N–H and O–H groups in total. The van der Waals surface area contributed by atoms with Crippen LogP contribution in [0.25, 0.3) is 0 Å². The summed E-state index contributed by atoms with van der Waals surface area (Å²) in [5.74, 6) is 1.26. The Morgan fingerprint density at radius 2 is 1.90 bits per heavy atom. The van der Waals surface area contributed by atoms with Gasteiger partial charge < -0.3 is 9.73 Å². The average Bonchev–Trinajstić information content (AvgIpc) is 3.50. The number of nitrogens with one attached hydrogen (secondary N) is 1. The molecule has 1 saturated heterocycles. The summed E-state index contributed by atoms with van der Waals surface area (Å²) in [6, 6.07) is 3.94. The Hall–Kier alpha value is -2.53. The van der Waals surface area contributed by atoms with E-state index >= 15 is 0 Å². The van der Waals surface area contributed by atoms with E-state index in [2.05, 4.69) is 15.5 Å². The van der Waals surface area contributed by atoms with Crippen LogP contribution in [-0.2, 0) is 16.6 Å². The number of rotatable bonds is 7. The van der Waals surface area contributed by atoms with Crippen LogP contribution in [0.3, 0.4) is 0 Å². The molecule has 4 rings (SSSR count). The third-order valence-electron chi connectivity index (χ3n) is 5.21. The van der Waals surface area contributed by atoms with Gasteiger partial charge in [-0.05, 0) is 37.8 Å². The largest absolute Gasteiger partial charge is 0.423 e. The summed E-state index contributed by atoms with van der Waals surface area (Å²) in [7, 11) is -3.76. The zero-order chi connectivity index (χ0) is 20.4. The first-order chi connectivity index (χ1) is 13.9. The van der Waals surface area contributed by atoms with Crippen molar-refractivity contribution in [3.05, 3.63) is 40.1 Å². The van der Waals surface area contributed by atoms with Gasteiger partial charge in [-0.25, -0.2) is 8.42 Å². The van der Waals surface area contributed by atoms with Gasteiger partial charge in [0.15, 0.2) is 0 Å². The fraction of sp³-hybridized carbons (Fsp3) is 0.556. The van der Waals surface area contributed by atoms with Gasteiger partial charge in [-0.1, -0.05) is 12.8 Å². The smallest absolute Gasteiger partial charge is 0.293 e. The highest BCUT2D eigenvalue weighted by molar-refractivity contribution is 7.89. The highest BCUT2D eigenvalue weighted by Gasteiger charge is 2.30. The first-order valence-corrected chi connectivity index (χ1v) is 11.2. The molecule has 2 fully saturated rings. The van der Waals surface area contributed by atoms with Crippen LogP contribution in [0.5, 0.6) is 0 Å². The summed E-state index contributed by atoms with van der Waals surface area (Å²) in [5, 5.41) is 22.4. The number of aromatic nitrogens is 2. The Morgan fingerprint density at radius 1 is 1.17 bits per heavy atom. The zero-order valence-electron chi connectivity index (χ0n) is 15.9. The molecule has 1 aliphatic carbocycles. The van der Waals surface area contributed by atoms with Crippen molar-refractivity contribution in [2.24, 2.45) is 0 Å². The summed E-state index contributed by atoms with van der Waals surface area (Å²) in [4.78, 5) is 10.9. The molecule has 2 aromatic rings. The molecule has 0 unspecified atom stereocenters. The second-order valence-electron chi connectivity index (χ2n) is 7.42. The number of hydrogen-bond donors (Lipinski definition) is 1. The number of nitro groups is 1. The Kier molecular flexibility index (Phi) is 5.50. The maximum Gasteiger partial charge on any atom is 0.293 e. The molecule has 0 atom stereocenters. The van der Waals surface area contributed by atoms with Crippen molar-refractivity contribution in [3.63, 3.8) is 0 Å². The molecule has 0 radical (unpaired) electrons. The molecule has 0 amide bonds. The van der Waals surface area contributed by atoms with E-state index in [1.807, 2.05) is 0 Å². The van der Waals surface area contributed by atoms with Gasteiger partial charge in [0.05, 0.1) is 16.4 Å². The second kappa shape index (κ2) is 8.07. The Labute approximate surface area is 168 Å². The molecular weight excluding hydrogens is 398 g/mol. The minimum Gasteiger partial charge on any atom is -0.423 e. The molecule has 1 saturated carbocycles. The second-order valence-corrected chi connectivity index (χ2v) is 9.35. The van der Waals surface area contributed by atoms with E-state index < -0.39 is 14.9 Å². The molecule has 0 spiro atoms. The van der Waals surface area contributed by atoms with Crippen LogP contribution >= 0.6 is 0 Å². The minimum absolute atomic E-state index is 0.0644. The molecule has 1 aliphatic heterocycles. The Balaban J connectivity index is 1.53. The van der Waals surface area contributed by atoms with E-state index in [-0.39, 0.29) is 22.8 Å². The summed E-state index contributed by atoms with van der Waals surface area (Å²) in [6.07, 6.45) is 5.66. The van der Waals surface area contributed by atoms with E-state index in [1.54, 1.807) is 0 Å². The van der Waals surface area contributed by atoms with E-state index in [0.717, 1.165) is 44.6 Å². The van der Waals surface area contributed by atoms with Crippen LogP contribution in [0.15, 0.2) is 27.5 Å². The standard InChI is InChI=1S/C18H23N5O5S/c24-23(25)16-11-14(29(26,27)22-9-3-1-2-4-10-22)7-8-15(16)19-12-17-20-21-18(28-17)13-5-6-13/h7-8,11,13,19H,1-6,9-10,12H2. The average molecular weight is 421 g/mol. The lowest BCUT2D eigenvalue weighted by molar-refractivity contribution is -0.384. The van der Waals surface area contributed by atoms with Crippen molar-refractivity contribution < 1.29 is 17.8 Å². The maximum absolute atomic E-state index is 12.9. The van der Waals surface area contributed by atoms with Gasteiger partial charge in [-0.15, -0.1) is 10.2 Å². The lowest BCUT2D eigenvalue weighted by atomic mass is 10.2. The fourth-order valence-electron chi connectivity index (χ4n) is 3.41. The monoisotopic (exact) mass is 421 g/mol. The number of anilines is 1. The van der Waals surface area contributed by atoms with Gasteiger partial charge >= 0.3 is 0 Å². The van der Waals surface area contributed by atoms with Gasteiger partial charge in [0, 0.05) is 25.1 Å². The normalized spacial score (nSPS) is 18.3. The zero-order valence-corrected chi connectivity index (χ0v) is 16.7. The topological polar surface area (TPSA) is 131 Å². The van der Waals surface area contributed by atoms with Gasteiger partial charge in [-0.2, -0.15) is 4.31 Å². The minimum atomic E-state index is -3.76. The molecule has 1 aromatic carbocycles. The summed E-state index contributed by atoms with van der Waals surface area (Å²) in [6.45, 7) is 1.01. The van der Waals surface area contributed by atoms with Crippen molar-refractivity contribution in [3.8, 4) is 0 Å². The van der Waals surface area contributed by atoms with Gasteiger partial charge in [-0.3, -0.25) is 10.1 Å². The molecule has 2 heterocycles. The van der Waals surface area contributed by atoms with Crippen molar-refractivity contribution in [2.45, 2.75) is 55.9 Å². The van der Waals surface area contributed by atoms with Gasteiger partial charge in [0.2, 0.25) is 21.8 Å². The number of nitro benzene ring substituents is 1. The predicted octanol–water partition coefficient (Wildman–Crippen LogP) is 3.03. The van der Waals surface area contributed by atoms with Crippen molar-refractivity contribution in [1.82, 2.24) is 14.5 Å². The molecule has 10 nitrogen and oxygen atoms in total. The summed E-state index contributed by atoms with van der Waals surface area (Å²) < 4.78 is 32.8. The van der Waals surface area contributed by atoms with Crippen molar-refractivity contribution in [2.75, 3.05) is 18.4 Å². The van der Waals surface area contributed by atoms with Crippen LogP contribution in [0.2, 0.25) is 0 Å². The number of nitrogens with zero attached hydrogens (tertiary/aromatic N) is 4. The summed E-state index contributed by atoms with van der Waals surface area (Å²) in [5.41, 5.74) is -0.0983. The van der Waals surface area contributed by atoms with Crippen molar-refractivity contribution in [1.29, 1.82) is 0 Å². The lowest BCUT2D eigenvalue weighted by Gasteiger charge is -2.20. The number of benzene rings is 1. The Bertz CT molecular complexity index is 994. The molecular formula is C18H23N5O5S. The van der Waals surface area contributed by atoms with Crippen molar-refractivity contribution >= 4 is 21.4 Å². The van der Waals surface area contributed by atoms with E-state index in [4.69, 9.17) is 4.42 Å². The number of sulfonamides is 1. The van der Waals surface area contributed by atoms with Gasteiger partial charge in [0.25, 0.3) is 5.69 Å². The lowest BCUT2D eigenvalue weighted by Crippen LogP contribution is -2.32. The first-order valence-electron chi connectivity index (χ1n) is 9.80. The molecule has 0 bridgehead atoms. The number of hydrogen-bond acceptors (Lipinski definition) is 8. The van der Waals surface area contributed by atoms with E-state index in [0.29, 0.717) is 30.8 Å². The third-order valence-corrected chi connectivity index (χ3v) is 7.10. The van der Waals surface area contributed by atoms with Crippen LogP contribution in [0, 0.1) is 10.1 Å². The van der Waals surface area contributed by atoms with Crippen LogP contribution in [0.1, 0.15) is 56.2 Å². The predicted molar refractivity (Wildman–Crippen MR) is 104 cm³/mol. The maximum atomic E-state index is 12.9. The Morgan fingerprint density at radius 3 is 2.55 bits per heavy atom. The molecule has 29 heavy (non-hydrogen) atoms. The molecule has 1 aromatic heterocycles. The first kappa shape index (κ1) is 19.8. The van der Waals surface area contributed by atoms with Crippen LogP contribution in [-0.4, -0.2) is 40.9 Å². The molecule has 11 heteroatoms. The highest BCUT2D eigenvalue weighted by Crippen LogP contribution is 2.39. The SMILES string of the molecule is O=[N+]([O-])c1cc(S(=O)(=O)N2CCCCCC2)ccc1NCc1nnc(C2CC2)o1.